The van der Waals surface area contributed by atoms with Gasteiger partial charge in [-0.05, 0) is 60.8 Å². The van der Waals surface area contributed by atoms with Crippen LogP contribution in [0.5, 0.6) is 11.5 Å². The Morgan fingerprint density at radius 1 is 0.955 bits per heavy atom. The largest absolute Gasteiger partial charge is 0.496 e. The van der Waals surface area contributed by atoms with E-state index >= 15 is 0 Å². The van der Waals surface area contributed by atoms with Crippen molar-refractivity contribution >= 4 is 23.4 Å². The fourth-order valence-electron chi connectivity index (χ4n) is 5.71. The molecule has 0 aliphatic carbocycles. The van der Waals surface area contributed by atoms with Crippen molar-refractivity contribution in [2.75, 3.05) is 64.3 Å². The lowest BCUT2D eigenvalue weighted by Gasteiger charge is -2.33. The first-order valence-electron chi connectivity index (χ1n) is 15.5. The van der Waals surface area contributed by atoms with Crippen LogP contribution in [0.3, 0.4) is 0 Å². The van der Waals surface area contributed by atoms with Crippen molar-refractivity contribution in [1.82, 2.24) is 5.32 Å². The zero-order chi connectivity index (χ0) is 30.6. The fraction of sp³-hybridized carbons (Fsp3) is 0.457. The van der Waals surface area contributed by atoms with Gasteiger partial charge in [0.1, 0.15) is 11.5 Å². The number of nitrogens with one attached hydrogen (secondary N) is 1. The molecule has 1 N–H and O–H groups in total. The van der Waals surface area contributed by atoms with Gasteiger partial charge in [-0.25, -0.2) is 0 Å². The first-order chi connectivity index (χ1) is 21.7. The molecule has 5 rings (SSSR count). The van der Waals surface area contributed by atoms with E-state index in [-0.39, 0.29) is 12.0 Å². The van der Waals surface area contributed by atoms with Gasteiger partial charge in [0.15, 0.2) is 0 Å². The van der Waals surface area contributed by atoms with Gasteiger partial charge in [0.05, 0.1) is 51.1 Å². The second-order valence-corrected chi connectivity index (χ2v) is 12.1. The lowest BCUT2D eigenvalue weighted by atomic mass is 9.87. The van der Waals surface area contributed by atoms with Gasteiger partial charge in [-0.15, -0.1) is 11.8 Å². The highest BCUT2D eigenvalue weighted by Crippen LogP contribution is 2.37. The van der Waals surface area contributed by atoms with Crippen molar-refractivity contribution in [3.8, 4) is 11.5 Å². The minimum atomic E-state index is 0.0563. The standard InChI is InChI=1S/C35H44N2O6S/c1-39-18-5-17-37-31-21-26(9-14-34(31)44-25-35(37)38)23-43-33-22-36-16-15-30(33)27-10-12-29(13-11-27)42-20-6-19-41-24-28-7-3-4-8-32(28)40-2/h3-4,7-14,21,30,33,36H,5-6,15-20,22-25H2,1-2H3. The summed E-state index contributed by atoms with van der Waals surface area (Å²) in [5, 5.41) is 3.50. The number of benzene rings is 3. The molecule has 0 aromatic heterocycles. The smallest absolute Gasteiger partial charge is 0.237 e. The summed E-state index contributed by atoms with van der Waals surface area (Å²) >= 11 is 1.61. The molecule has 3 aromatic rings. The van der Waals surface area contributed by atoms with Crippen LogP contribution in [0.4, 0.5) is 5.69 Å². The van der Waals surface area contributed by atoms with Gasteiger partial charge in [-0.1, -0.05) is 36.4 Å². The summed E-state index contributed by atoms with van der Waals surface area (Å²) < 4.78 is 28.9. The Labute approximate surface area is 265 Å². The molecule has 2 aliphatic heterocycles. The van der Waals surface area contributed by atoms with Crippen LogP contribution in [-0.2, 0) is 32.2 Å². The number of carbonyl (C=O) groups is 1. The number of amides is 1. The summed E-state index contributed by atoms with van der Waals surface area (Å²) in [5.74, 6) is 2.64. The third-order valence-corrected chi connectivity index (χ3v) is 9.09. The van der Waals surface area contributed by atoms with Crippen LogP contribution in [0.15, 0.2) is 71.6 Å². The Bertz CT molecular complexity index is 1340. The molecular formula is C35H44N2O6S. The Balaban J connectivity index is 1.10. The third-order valence-electron chi connectivity index (χ3n) is 8.05. The van der Waals surface area contributed by atoms with Crippen LogP contribution in [0.2, 0.25) is 0 Å². The highest BCUT2D eigenvalue weighted by molar-refractivity contribution is 8.00. The van der Waals surface area contributed by atoms with Crippen LogP contribution >= 0.6 is 11.8 Å². The Kier molecular flexibility index (Phi) is 12.4. The molecule has 44 heavy (non-hydrogen) atoms. The molecule has 3 aromatic carbocycles. The first-order valence-corrected chi connectivity index (χ1v) is 16.4. The maximum absolute atomic E-state index is 12.7. The van der Waals surface area contributed by atoms with E-state index in [1.807, 2.05) is 29.2 Å². The number of methoxy groups -OCH3 is 2. The van der Waals surface area contributed by atoms with Crippen molar-refractivity contribution in [2.45, 2.75) is 49.4 Å². The molecule has 0 saturated carbocycles. The topological polar surface area (TPSA) is 78.5 Å². The van der Waals surface area contributed by atoms with Crippen molar-refractivity contribution in [1.29, 1.82) is 0 Å². The average Bonchev–Trinajstić information content (AvgIpc) is 3.07. The Morgan fingerprint density at radius 3 is 2.66 bits per heavy atom. The summed E-state index contributed by atoms with van der Waals surface area (Å²) in [6, 6.07) is 22.7. The number of hydrogen-bond donors (Lipinski definition) is 1. The molecule has 0 radical (unpaired) electrons. The highest BCUT2D eigenvalue weighted by atomic mass is 32.2. The quantitative estimate of drug-likeness (QED) is 0.201. The number of hydrogen-bond acceptors (Lipinski definition) is 8. The first kappa shape index (κ1) is 32.3. The Morgan fingerprint density at radius 2 is 1.82 bits per heavy atom. The summed E-state index contributed by atoms with van der Waals surface area (Å²) in [4.78, 5) is 15.7. The monoisotopic (exact) mass is 620 g/mol. The van der Waals surface area contributed by atoms with Crippen LogP contribution in [-0.4, -0.2) is 71.4 Å². The number of thioether (sulfide) groups is 1. The molecular weight excluding hydrogens is 576 g/mol. The maximum Gasteiger partial charge on any atom is 0.237 e. The predicted molar refractivity (Wildman–Crippen MR) is 174 cm³/mol. The van der Waals surface area contributed by atoms with Gasteiger partial charge in [-0.3, -0.25) is 4.79 Å². The van der Waals surface area contributed by atoms with Crippen molar-refractivity contribution in [2.24, 2.45) is 0 Å². The van der Waals surface area contributed by atoms with Crippen molar-refractivity contribution in [3.63, 3.8) is 0 Å². The molecule has 0 bridgehead atoms. The number of anilines is 1. The van der Waals surface area contributed by atoms with Crippen LogP contribution < -0.4 is 19.7 Å². The molecule has 1 amide bonds. The van der Waals surface area contributed by atoms with E-state index in [0.29, 0.717) is 51.2 Å². The van der Waals surface area contributed by atoms with E-state index in [2.05, 4.69) is 47.8 Å². The van der Waals surface area contributed by atoms with Gasteiger partial charge in [0, 0.05) is 49.6 Å². The molecule has 8 nitrogen and oxygen atoms in total. The minimum Gasteiger partial charge on any atom is -0.496 e. The van der Waals surface area contributed by atoms with E-state index in [0.717, 1.165) is 65.6 Å². The number of para-hydroxylation sites is 1. The minimum absolute atomic E-state index is 0.0563. The lowest BCUT2D eigenvalue weighted by molar-refractivity contribution is -0.116. The van der Waals surface area contributed by atoms with Crippen LogP contribution in [0.25, 0.3) is 0 Å². The van der Waals surface area contributed by atoms with Crippen molar-refractivity contribution < 1.29 is 28.5 Å². The molecule has 2 aliphatic rings. The highest BCUT2D eigenvalue weighted by Gasteiger charge is 2.28. The van der Waals surface area contributed by atoms with E-state index < -0.39 is 0 Å². The predicted octanol–water partition coefficient (Wildman–Crippen LogP) is 5.82. The number of ether oxygens (including phenoxy) is 5. The van der Waals surface area contributed by atoms with Gasteiger partial charge in [0.25, 0.3) is 0 Å². The van der Waals surface area contributed by atoms with E-state index in [1.165, 1.54) is 5.56 Å². The molecule has 2 atom stereocenters. The Hall–Kier alpha value is -3.08. The second kappa shape index (κ2) is 16.8. The summed E-state index contributed by atoms with van der Waals surface area (Å²) in [6.07, 6.45) is 2.69. The fourth-order valence-corrected chi connectivity index (χ4v) is 6.62. The average molecular weight is 621 g/mol. The van der Waals surface area contributed by atoms with E-state index in [1.54, 1.807) is 26.0 Å². The molecule has 1 saturated heterocycles. The zero-order valence-corrected chi connectivity index (χ0v) is 26.6. The van der Waals surface area contributed by atoms with Crippen LogP contribution in [0.1, 0.15) is 41.9 Å². The molecule has 0 spiro atoms. The number of piperidine rings is 1. The lowest BCUT2D eigenvalue weighted by Crippen LogP contribution is -2.41. The molecule has 236 valence electrons. The van der Waals surface area contributed by atoms with Gasteiger partial charge in [-0.2, -0.15) is 0 Å². The van der Waals surface area contributed by atoms with Gasteiger partial charge in [0.2, 0.25) is 5.91 Å². The third kappa shape index (κ3) is 8.76. The number of carbonyl (C=O) groups excluding carboxylic acids is 1. The summed E-state index contributed by atoms with van der Waals surface area (Å²) in [7, 11) is 3.37. The number of rotatable bonds is 16. The number of fused-ring (bicyclic) bond motifs is 1. The van der Waals surface area contributed by atoms with Gasteiger partial charge >= 0.3 is 0 Å². The molecule has 9 heteroatoms. The SMILES string of the molecule is COCCCN1C(=O)CSc2ccc(COC3CNCCC3c3ccc(OCCCOCc4ccccc4OC)cc3)cc21. The van der Waals surface area contributed by atoms with Crippen molar-refractivity contribution in [3.05, 3.63) is 83.4 Å². The molecule has 2 heterocycles. The summed E-state index contributed by atoms with van der Waals surface area (Å²) in [5.41, 5.74) is 4.38. The zero-order valence-electron chi connectivity index (χ0n) is 25.8. The van der Waals surface area contributed by atoms with Gasteiger partial charge < -0.3 is 33.9 Å². The van der Waals surface area contributed by atoms with E-state index in [9.17, 15) is 4.79 Å². The second-order valence-electron chi connectivity index (χ2n) is 11.1. The van der Waals surface area contributed by atoms with E-state index in [4.69, 9.17) is 23.7 Å². The summed E-state index contributed by atoms with van der Waals surface area (Å²) in [6.45, 7) is 5.31. The molecule has 1 fully saturated rings. The molecule has 2 unspecified atom stereocenters. The maximum atomic E-state index is 12.7. The van der Waals surface area contributed by atoms with Crippen LogP contribution in [0, 0.1) is 0 Å². The normalized spacial score (nSPS) is 18.2. The number of nitrogens with zero attached hydrogens (tertiary/aromatic N) is 1.